The van der Waals surface area contributed by atoms with E-state index in [1.54, 1.807) is 6.33 Å². The number of rotatable bonds is 3. The number of urea groups is 1. The van der Waals surface area contributed by atoms with Crippen LogP contribution in [0.5, 0.6) is 0 Å². The van der Waals surface area contributed by atoms with E-state index >= 15 is 0 Å². The number of primary amides is 1. The van der Waals surface area contributed by atoms with Gasteiger partial charge < -0.3 is 10.7 Å². The Bertz CT molecular complexity index is 816. The highest BCUT2D eigenvalue weighted by atomic mass is 16.2. The molecular formula is C14H14N6O. The second kappa shape index (κ2) is 4.34. The van der Waals surface area contributed by atoms with Crippen molar-refractivity contribution >= 4 is 28.6 Å². The monoisotopic (exact) mass is 282 g/mol. The molecule has 0 aliphatic heterocycles. The number of fused-ring (bicyclic) bond motifs is 1. The molecule has 0 unspecified atom stereocenters. The van der Waals surface area contributed by atoms with Gasteiger partial charge in [0.15, 0.2) is 0 Å². The van der Waals surface area contributed by atoms with Crippen molar-refractivity contribution in [3.05, 3.63) is 36.3 Å². The first-order valence-electron chi connectivity index (χ1n) is 6.80. The lowest BCUT2D eigenvalue weighted by atomic mass is 10.2. The lowest BCUT2D eigenvalue weighted by Gasteiger charge is -2.18. The first kappa shape index (κ1) is 12.0. The van der Waals surface area contributed by atoms with Crippen molar-refractivity contribution in [3.8, 4) is 0 Å². The summed E-state index contributed by atoms with van der Waals surface area (Å²) in [4.78, 5) is 20.4. The third-order valence-corrected chi connectivity index (χ3v) is 3.70. The summed E-state index contributed by atoms with van der Waals surface area (Å²) in [7, 11) is 0. The summed E-state index contributed by atoms with van der Waals surface area (Å²) in [6, 6.07) is 6.82. The van der Waals surface area contributed by atoms with Gasteiger partial charge in [0, 0.05) is 12.0 Å². The number of H-pyrrole nitrogens is 2. The Morgan fingerprint density at radius 3 is 2.95 bits per heavy atom. The first-order chi connectivity index (χ1) is 10.2. The Morgan fingerprint density at radius 1 is 1.33 bits per heavy atom. The number of benzene rings is 1. The van der Waals surface area contributed by atoms with Crippen molar-refractivity contribution in [2.24, 2.45) is 5.73 Å². The maximum absolute atomic E-state index is 11.8. The van der Waals surface area contributed by atoms with Crippen LogP contribution in [0.4, 0.5) is 16.3 Å². The predicted molar refractivity (Wildman–Crippen MR) is 78.4 cm³/mol. The molecule has 1 aliphatic rings. The molecule has 2 heterocycles. The number of amides is 2. The van der Waals surface area contributed by atoms with Crippen LogP contribution < -0.4 is 10.6 Å². The lowest BCUT2D eigenvalue weighted by Crippen LogP contribution is -2.31. The molecule has 4 N–H and O–H groups in total. The number of anilines is 2. The van der Waals surface area contributed by atoms with Gasteiger partial charge in [-0.3, -0.25) is 5.10 Å². The van der Waals surface area contributed by atoms with E-state index in [0.29, 0.717) is 17.4 Å². The van der Waals surface area contributed by atoms with Crippen LogP contribution in [0.15, 0.2) is 30.6 Å². The minimum Gasteiger partial charge on any atom is -0.351 e. The van der Waals surface area contributed by atoms with Crippen LogP contribution in [0.3, 0.4) is 0 Å². The standard InChI is InChI=1S/C14H14N6O/c15-14(21)20(13-6-11(18-19-13)8-1-2-8)9-3-4-10-12(5-9)17-7-16-10/h3-8H,1-2H2,(H2,15,21)(H,16,17)(H,18,19). The van der Waals surface area contributed by atoms with E-state index in [-0.39, 0.29) is 0 Å². The number of aromatic nitrogens is 4. The number of nitrogens with zero attached hydrogens (tertiary/aromatic N) is 3. The molecule has 3 aromatic rings. The van der Waals surface area contributed by atoms with Gasteiger partial charge in [0.1, 0.15) is 5.82 Å². The summed E-state index contributed by atoms with van der Waals surface area (Å²) >= 11 is 0. The average Bonchev–Trinajstić information content (AvgIpc) is 3.02. The Balaban J connectivity index is 1.76. The minimum absolute atomic E-state index is 0.514. The van der Waals surface area contributed by atoms with Crippen LogP contribution in [-0.2, 0) is 0 Å². The highest BCUT2D eigenvalue weighted by molar-refractivity contribution is 5.99. The lowest BCUT2D eigenvalue weighted by molar-refractivity contribution is 0.256. The van der Waals surface area contributed by atoms with Gasteiger partial charge in [-0.1, -0.05) is 0 Å². The second-order valence-corrected chi connectivity index (χ2v) is 5.23. The van der Waals surface area contributed by atoms with Crippen molar-refractivity contribution in [2.75, 3.05) is 4.90 Å². The van der Waals surface area contributed by atoms with E-state index in [0.717, 1.165) is 29.6 Å². The number of nitrogens with two attached hydrogens (primary N) is 1. The summed E-state index contributed by atoms with van der Waals surface area (Å²) in [5.41, 5.74) is 8.88. The zero-order valence-corrected chi connectivity index (χ0v) is 11.2. The largest absolute Gasteiger partial charge is 0.351 e. The summed E-state index contributed by atoms with van der Waals surface area (Å²) in [6.07, 6.45) is 3.92. The Morgan fingerprint density at radius 2 is 2.19 bits per heavy atom. The number of carbonyl (C=O) groups is 1. The number of hydrogen-bond acceptors (Lipinski definition) is 3. The Hall–Kier alpha value is -2.83. The summed E-state index contributed by atoms with van der Waals surface area (Å²) in [6.45, 7) is 0. The summed E-state index contributed by atoms with van der Waals surface area (Å²) in [5.74, 6) is 1.10. The molecule has 1 aromatic carbocycles. The minimum atomic E-state index is -0.556. The van der Waals surface area contributed by atoms with E-state index < -0.39 is 6.03 Å². The number of hydrogen-bond donors (Lipinski definition) is 3. The van der Waals surface area contributed by atoms with Gasteiger partial charge in [-0.15, -0.1) is 0 Å². The SMILES string of the molecule is NC(=O)N(c1ccc2nc[nH]c2c1)c1cc(C2CC2)n[nH]1. The van der Waals surface area contributed by atoms with Gasteiger partial charge in [-0.25, -0.2) is 14.7 Å². The number of nitrogens with one attached hydrogen (secondary N) is 2. The van der Waals surface area contributed by atoms with Crippen LogP contribution in [0.25, 0.3) is 11.0 Å². The zero-order chi connectivity index (χ0) is 14.4. The maximum atomic E-state index is 11.8. The van der Waals surface area contributed by atoms with Crippen molar-refractivity contribution in [2.45, 2.75) is 18.8 Å². The molecule has 1 saturated carbocycles. The van der Waals surface area contributed by atoms with Gasteiger partial charge in [-0.2, -0.15) is 5.10 Å². The third kappa shape index (κ3) is 2.03. The fraction of sp³-hybridized carbons (Fsp3) is 0.214. The van der Waals surface area contributed by atoms with Gasteiger partial charge in [0.05, 0.1) is 28.7 Å². The second-order valence-electron chi connectivity index (χ2n) is 5.23. The van der Waals surface area contributed by atoms with E-state index in [4.69, 9.17) is 5.73 Å². The topological polar surface area (TPSA) is 104 Å². The molecule has 0 bridgehead atoms. The van der Waals surface area contributed by atoms with Crippen molar-refractivity contribution in [1.82, 2.24) is 20.2 Å². The van der Waals surface area contributed by atoms with Crippen LogP contribution in [-0.4, -0.2) is 26.2 Å². The van der Waals surface area contributed by atoms with Gasteiger partial charge in [0.2, 0.25) is 0 Å². The summed E-state index contributed by atoms with van der Waals surface area (Å²) in [5, 5.41) is 7.16. The van der Waals surface area contributed by atoms with Crippen LogP contribution in [0, 0.1) is 0 Å². The molecule has 2 amide bonds. The fourth-order valence-corrected chi connectivity index (χ4v) is 2.48. The predicted octanol–water partition coefficient (Wildman–Crippen LogP) is 2.38. The van der Waals surface area contributed by atoms with E-state index in [1.165, 1.54) is 4.90 Å². The molecule has 7 nitrogen and oxygen atoms in total. The van der Waals surface area contributed by atoms with Gasteiger partial charge >= 0.3 is 6.03 Å². The molecule has 0 spiro atoms. The molecule has 0 radical (unpaired) electrons. The molecule has 2 aromatic heterocycles. The van der Waals surface area contributed by atoms with Crippen LogP contribution in [0.2, 0.25) is 0 Å². The average molecular weight is 282 g/mol. The van der Waals surface area contributed by atoms with Gasteiger partial charge in [-0.05, 0) is 31.0 Å². The fourth-order valence-electron chi connectivity index (χ4n) is 2.48. The van der Waals surface area contributed by atoms with Crippen molar-refractivity contribution < 1.29 is 4.79 Å². The highest BCUT2D eigenvalue weighted by Gasteiger charge is 2.28. The van der Waals surface area contributed by atoms with Crippen LogP contribution >= 0.6 is 0 Å². The Kier molecular flexibility index (Phi) is 2.47. The molecule has 7 heteroatoms. The van der Waals surface area contributed by atoms with Crippen molar-refractivity contribution in [1.29, 1.82) is 0 Å². The molecule has 4 rings (SSSR count). The normalized spacial score (nSPS) is 14.5. The molecule has 1 aliphatic carbocycles. The highest BCUT2D eigenvalue weighted by Crippen LogP contribution is 2.40. The molecule has 1 fully saturated rings. The van der Waals surface area contributed by atoms with Gasteiger partial charge in [0.25, 0.3) is 0 Å². The smallest absolute Gasteiger partial charge is 0.325 e. The number of carbonyl (C=O) groups excluding carboxylic acids is 1. The summed E-state index contributed by atoms with van der Waals surface area (Å²) < 4.78 is 0. The van der Waals surface area contributed by atoms with Crippen LogP contribution in [0.1, 0.15) is 24.5 Å². The van der Waals surface area contributed by atoms with Crippen molar-refractivity contribution in [3.63, 3.8) is 0 Å². The molecular weight excluding hydrogens is 268 g/mol. The quantitative estimate of drug-likeness (QED) is 0.687. The molecule has 21 heavy (non-hydrogen) atoms. The number of imidazole rings is 1. The number of aromatic amines is 2. The first-order valence-corrected chi connectivity index (χ1v) is 6.80. The third-order valence-electron chi connectivity index (χ3n) is 3.70. The molecule has 0 saturated heterocycles. The van der Waals surface area contributed by atoms with E-state index in [9.17, 15) is 4.79 Å². The van der Waals surface area contributed by atoms with E-state index in [2.05, 4.69) is 20.2 Å². The Labute approximate surface area is 120 Å². The zero-order valence-electron chi connectivity index (χ0n) is 11.2. The molecule has 0 atom stereocenters. The molecule has 106 valence electrons. The van der Waals surface area contributed by atoms with E-state index in [1.807, 2.05) is 24.3 Å². The maximum Gasteiger partial charge on any atom is 0.325 e.